The third-order valence-electron chi connectivity index (χ3n) is 19.4. The smallest absolute Gasteiger partial charge is 0.226 e. The van der Waals surface area contributed by atoms with Crippen molar-refractivity contribution >= 4 is 41.4 Å². The van der Waals surface area contributed by atoms with Crippen molar-refractivity contribution in [3.05, 3.63) is 0 Å². The van der Waals surface area contributed by atoms with E-state index in [1.165, 1.54) is 13.8 Å². The zero-order chi connectivity index (χ0) is 81.7. The molecule has 2 saturated heterocycles. The molecule has 2 rings (SSSR count). The second-order valence-electron chi connectivity index (χ2n) is 40.1. The highest BCUT2D eigenvalue weighted by molar-refractivity contribution is 5.83. The maximum absolute atomic E-state index is 14.5. The number of nitrogens with two attached hydrogens (primary N) is 1. The fourth-order valence-electron chi connectivity index (χ4n) is 16.3. The van der Waals surface area contributed by atoms with E-state index in [9.17, 15) is 64.2 Å². The number of amides is 7. The Morgan fingerprint density at radius 1 is 0.457 bits per heavy atom. The minimum Gasteiger partial charge on any atom is -0.394 e. The van der Waals surface area contributed by atoms with Gasteiger partial charge in [-0.15, -0.1) is 0 Å². The third-order valence-corrected chi connectivity index (χ3v) is 19.4. The van der Waals surface area contributed by atoms with Crippen molar-refractivity contribution in [3.63, 3.8) is 0 Å². The molecule has 0 aliphatic carbocycles. The number of rotatable bonds is 45. The largest absolute Gasteiger partial charge is 0.394 e. The molecule has 7 amide bonds. The van der Waals surface area contributed by atoms with Gasteiger partial charge in [0.05, 0.1) is 56.9 Å². The van der Waals surface area contributed by atoms with Gasteiger partial charge in [0.15, 0.2) is 12.6 Å². The molecule has 0 aromatic carbocycles. The van der Waals surface area contributed by atoms with Crippen LogP contribution in [0.4, 0.5) is 0 Å². The lowest BCUT2D eigenvalue weighted by molar-refractivity contribution is -0.276. The predicted octanol–water partition coefficient (Wildman–Crippen LogP) is 6.53. The molecular formula is C78H147N7O20. The Morgan fingerprint density at radius 3 is 1.14 bits per heavy atom. The number of hydrogen-bond donors (Lipinski definition) is 13. The minimum absolute atomic E-state index is 0.0534. The topological polar surface area (TPSA) is 404 Å². The van der Waals surface area contributed by atoms with Gasteiger partial charge < -0.3 is 101 Å². The van der Waals surface area contributed by atoms with Gasteiger partial charge in [0.2, 0.25) is 41.4 Å². The maximum atomic E-state index is 14.5. The van der Waals surface area contributed by atoms with Crippen LogP contribution in [-0.4, -0.2) is 220 Å². The van der Waals surface area contributed by atoms with Gasteiger partial charge >= 0.3 is 0 Å². The van der Waals surface area contributed by atoms with E-state index in [0.717, 1.165) is 0 Å². The fourth-order valence-corrected chi connectivity index (χ4v) is 16.3. The van der Waals surface area contributed by atoms with Gasteiger partial charge in [0, 0.05) is 67.1 Å². The van der Waals surface area contributed by atoms with Crippen LogP contribution in [0.5, 0.6) is 0 Å². The van der Waals surface area contributed by atoms with Crippen molar-refractivity contribution in [2.75, 3.05) is 52.7 Å². The van der Waals surface area contributed by atoms with Crippen molar-refractivity contribution in [3.8, 4) is 0 Å². The summed E-state index contributed by atoms with van der Waals surface area (Å²) in [5, 5.41) is 80.0. The lowest BCUT2D eigenvalue weighted by atomic mass is 9.73. The van der Waals surface area contributed by atoms with Crippen molar-refractivity contribution in [1.82, 2.24) is 31.9 Å². The minimum atomic E-state index is -1.44. The summed E-state index contributed by atoms with van der Waals surface area (Å²) < 4.78 is 43.8. The highest BCUT2D eigenvalue weighted by Gasteiger charge is 2.49. The van der Waals surface area contributed by atoms with Crippen LogP contribution in [0.25, 0.3) is 0 Å². The SMILES string of the molecule is CC(=O)NC1C(OCC(C)(C)CC(C)(C)CC(=O)NCC(C)(C)CC(C)(C)NC(=O)C(C)(C)CC(C)(C)OCC(COC(C)CC(C)(C)C(N)=O)OC(C)(C)CC(C)(C)C(=O)NC(C)(C)CC(C)(C)CNC(=O)CC(C)(C)CC(C)(C)COC2OC(CO)C(O)C(O)C2NC(C)=O)OC(CO)C(O)C1O. The highest BCUT2D eigenvalue weighted by Crippen LogP contribution is 2.42. The number of carbonyl (C=O) groups excluding carboxylic acids is 7. The van der Waals surface area contributed by atoms with Crippen LogP contribution in [0.2, 0.25) is 0 Å². The fraction of sp³-hybridized carbons (Fsp3) is 0.910. The summed E-state index contributed by atoms with van der Waals surface area (Å²) >= 11 is 0. The normalized spacial score (nSPS) is 23.0. The molecule has 0 saturated carbocycles. The van der Waals surface area contributed by atoms with Gasteiger partial charge in [-0.25, -0.2) is 0 Å². The molecule has 14 N–H and O–H groups in total. The summed E-state index contributed by atoms with van der Waals surface area (Å²) in [6.07, 6.45) is -7.91. The van der Waals surface area contributed by atoms with Gasteiger partial charge in [0.1, 0.15) is 54.8 Å². The van der Waals surface area contributed by atoms with Gasteiger partial charge in [-0.2, -0.15) is 0 Å². The molecule has 0 aromatic heterocycles. The molecule has 12 atom stereocenters. The lowest BCUT2D eigenvalue weighted by Crippen LogP contribution is -2.64. The summed E-state index contributed by atoms with van der Waals surface area (Å²) in [7, 11) is 0. The first-order chi connectivity index (χ1) is 47.1. The average Bonchev–Trinajstić information content (AvgIpc) is 0.848. The van der Waals surface area contributed by atoms with Gasteiger partial charge in [0.25, 0.3) is 0 Å². The molecule has 2 heterocycles. The van der Waals surface area contributed by atoms with Crippen LogP contribution < -0.4 is 37.6 Å². The first-order valence-corrected chi connectivity index (χ1v) is 37.6. The van der Waals surface area contributed by atoms with Crippen LogP contribution in [0.1, 0.15) is 259 Å². The van der Waals surface area contributed by atoms with Gasteiger partial charge in [-0.1, -0.05) is 125 Å². The first-order valence-electron chi connectivity index (χ1n) is 37.6. The summed E-state index contributed by atoms with van der Waals surface area (Å²) in [5.41, 5.74) is -3.15. The van der Waals surface area contributed by atoms with E-state index >= 15 is 0 Å². The zero-order valence-corrected chi connectivity index (χ0v) is 69.9. The Hall–Kier alpha value is -4.23. The summed E-state index contributed by atoms with van der Waals surface area (Å²) in [6, 6.07) is -2.15. The van der Waals surface area contributed by atoms with Crippen LogP contribution >= 0.6 is 0 Å². The number of hydrogen-bond acceptors (Lipinski definition) is 20. The van der Waals surface area contributed by atoms with Crippen molar-refractivity contribution in [2.24, 2.45) is 54.5 Å². The predicted molar refractivity (Wildman–Crippen MR) is 402 cm³/mol. The van der Waals surface area contributed by atoms with Crippen molar-refractivity contribution < 1.29 is 97.4 Å². The van der Waals surface area contributed by atoms with Gasteiger partial charge in [-0.3, -0.25) is 33.6 Å². The number of carbonyl (C=O) groups is 7. The quantitative estimate of drug-likeness (QED) is 0.0308. The molecule has 2 fully saturated rings. The van der Waals surface area contributed by atoms with Crippen LogP contribution in [0.15, 0.2) is 0 Å². The number of primary amides is 1. The molecule has 0 aromatic rings. The molecule has 12 unspecified atom stereocenters. The highest BCUT2D eigenvalue weighted by atomic mass is 16.7. The summed E-state index contributed by atoms with van der Waals surface area (Å²) in [5.74, 6) is -2.03. The Balaban J connectivity index is 2.12. The van der Waals surface area contributed by atoms with Crippen LogP contribution in [0.3, 0.4) is 0 Å². The first kappa shape index (κ1) is 96.8. The van der Waals surface area contributed by atoms with Crippen LogP contribution in [0, 0.1) is 48.7 Å². The van der Waals surface area contributed by atoms with E-state index in [1.807, 2.05) is 173 Å². The number of ether oxygens (including phenoxy) is 7. The number of nitrogens with one attached hydrogen (secondary N) is 6. The van der Waals surface area contributed by atoms with Crippen molar-refractivity contribution in [1.29, 1.82) is 0 Å². The Morgan fingerprint density at radius 2 is 0.810 bits per heavy atom. The Bertz CT molecular complexity index is 2830. The van der Waals surface area contributed by atoms with Crippen molar-refractivity contribution in [2.45, 2.75) is 354 Å². The Labute approximate surface area is 629 Å². The Kier molecular flexibility index (Phi) is 34.7. The van der Waals surface area contributed by atoms with E-state index in [2.05, 4.69) is 31.9 Å². The molecule has 2 aliphatic rings. The molecule has 2 aliphatic heterocycles. The van der Waals surface area contributed by atoms with E-state index in [1.54, 1.807) is 13.8 Å². The van der Waals surface area contributed by atoms with E-state index < -0.39 is 175 Å². The van der Waals surface area contributed by atoms with Crippen LogP contribution in [-0.2, 0) is 66.7 Å². The molecular weight excluding hydrogens is 1350 g/mol. The second kappa shape index (κ2) is 37.7. The lowest BCUT2D eigenvalue weighted by Gasteiger charge is -2.43. The average molecular weight is 1500 g/mol. The standard InChI is InChI=1S/C78H147N7O20/c1-47(30-72(16,17)63(79)96)99-35-50(105-78(28,29)42-74(20,21)65(98)85-76(24,25)40-69(10,11)44-81-54(91)32-67(6,7)38-71(14,15)46-101-62-56(83-49(3)89)60(95)58(93)52(34-87)104-62)36-102-77(26,27)41-73(18,19)64(97)84-75(22,23)39-68(8,9)43-80-53(90)31-66(4,5)37-70(12,13)45-100-61-55(82-48(2)88)59(94)57(92)51(33-86)103-61/h47,50-52,55-62,86-87,92-95H,30-46H2,1-29H3,(H2,79,96)(H,80,90)(H,81,91)(H,82,88)(H,83,89)(H,84,97)(H,85,98). The zero-order valence-electron chi connectivity index (χ0n) is 69.9. The monoisotopic (exact) mass is 1500 g/mol. The molecule has 614 valence electrons. The maximum Gasteiger partial charge on any atom is 0.226 e. The third kappa shape index (κ3) is 34.3. The second-order valence-corrected chi connectivity index (χ2v) is 40.1. The summed E-state index contributed by atoms with van der Waals surface area (Å²) in [6.45, 7) is 54.9. The molecule has 27 nitrogen and oxygen atoms in total. The molecule has 0 radical (unpaired) electrons. The summed E-state index contributed by atoms with van der Waals surface area (Å²) in [4.78, 5) is 92.5. The van der Waals surface area contributed by atoms with Gasteiger partial charge in [-0.05, 0) is 140 Å². The molecule has 0 spiro atoms. The number of aliphatic hydroxyl groups is 6. The number of aliphatic hydroxyl groups excluding tert-OH is 6. The van der Waals surface area contributed by atoms with E-state index in [0.29, 0.717) is 51.6 Å². The molecule has 27 heteroatoms. The molecule has 105 heavy (non-hydrogen) atoms. The van der Waals surface area contributed by atoms with E-state index in [-0.39, 0.29) is 69.3 Å². The van der Waals surface area contributed by atoms with E-state index in [4.69, 9.17) is 38.9 Å². The molecule has 0 bridgehead atoms.